The molecule has 0 spiro atoms. The van der Waals surface area contributed by atoms with Crippen LogP contribution in [0.2, 0.25) is 0 Å². The SMILES string of the molecule is CC(C(=O)NN=Cc1ccccc1OCc1ccc(Br)cc1)n1nnc2ccccc21. The Balaban J connectivity index is 1.40. The molecule has 4 rings (SSSR count). The standard InChI is InChI=1S/C23H20BrN5O2/c1-16(29-21-8-4-3-7-20(21)26-28-29)23(30)27-25-14-18-6-2-5-9-22(18)31-15-17-10-12-19(24)13-11-17/h2-14,16H,15H2,1H3,(H,27,30). The largest absolute Gasteiger partial charge is 0.488 e. The zero-order valence-corrected chi connectivity index (χ0v) is 18.4. The number of amides is 1. The Hall–Kier alpha value is -3.52. The predicted octanol–water partition coefficient (Wildman–Crippen LogP) is 4.48. The summed E-state index contributed by atoms with van der Waals surface area (Å²) in [6, 6.07) is 22.4. The molecule has 0 radical (unpaired) electrons. The number of nitrogens with zero attached hydrogens (tertiary/aromatic N) is 4. The van der Waals surface area contributed by atoms with Crippen LogP contribution in [0.25, 0.3) is 11.0 Å². The van der Waals surface area contributed by atoms with Crippen LogP contribution in [0.1, 0.15) is 24.1 Å². The second kappa shape index (κ2) is 9.53. The molecule has 3 aromatic carbocycles. The van der Waals surface area contributed by atoms with Gasteiger partial charge in [0.1, 0.15) is 23.9 Å². The summed E-state index contributed by atoms with van der Waals surface area (Å²) >= 11 is 3.43. The topological polar surface area (TPSA) is 81.4 Å². The van der Waals surface area contributed by atoms with Gasteiger partial charge < -0.3 is 4.74 Å². The molecule has 156 valence electrons. The fourth-order valence-corrected chi connectivity index (χ4v) is 3.27. The van der Waals surface area contributed by atoms with Crippen LogP contribution in [-0.2, 0) is 11.4 Å². The van der Waals surface area contributed by atoms with Crippen molar-refractivity contribution in [1.29, 1.82) is 0 Å². The summed E-state index contributed by atoms with van der Waals surface area (Å²) in [6.45, 7) is 2.18. The third-order valence-corrected chi connectivity index (χ3v) is 5.26. The van der Waals surface area contributed by atoms with Gasteiger partial charge in [0, 0.05) is 10.0 Å². The van der Waals surface area contributed by atoms with Crippen LogP contribution in [0.5, 0.6) is 5.75 Å². The number of hydrazone groups is 1. The molecule has 0 saturated carbocycles. The summed E-state index contributed by atoms with van der Waals surface area (Å²) in [5.74, 6) is 0.388. The average molecular weight is 478 g/mol. The van der Waals surface area contributed by atoms with E-state index in [1.54, 1.807) is 17.8 Å². The highest BCUT2D eigenvalue weighted by Gasteiger charge is 2.18. The van der Waals surface area contributed by atoms with Crippen molar-refractivity contribution in [1.82, 2.24) is 20.4 Å². The average Bonchev–Trinajstić information content (AvgIpc) is 3.23. The van der Waals surface area contributed by atoms with Crippen molar-refractivity contribution >= 4 is 39.1 Å². The molecule has 31 heavy (non-hydrogen) atoms. The first-order valence-corrected chi connectivity index (χ1v) is 10.5. The molecule has 1 heterocycles. The van der Waals surface area contributed by atoms with Crippen LogP contribution in [0.4, 0.5) is 0 Å². The molecule has 7 nitrogen and oxygen atoms in total. The molecule has 1 atom stereocenters. The number of carbonyl (C=O) groups is 1. The van der Waals surface area contributed by atoms with E-state index < -0.39 is 6.04 Å². The van der Waals surface area contributed by atoms with Gasteiger partial charge in [-0.15, -0.1) is 5.10 Å². The number of carbonyl (C=O) groups excluding carboxylic acids is 1. The molecule has 0 fully saturated rings. The predicted molar refractivity (Wildman–Crippen MR) is 123 cm³/mol. The third kappa shape index (κ3) is 4.97. The summed E-state index contributed by atoms with van der Waals surface area (Å²) in [6.07, 6.45) is 1.57. The maximum Gasteiger partial charge on any atom is 0.264 e. The molecule has 0 aliphatic carbocycles. The van der Waals surface area contributed by atoms with Crippen LogP contribution < -0.4 is 10.2 Å². The number of fused-ring (bicyclic) bond motifs is 1. The van der Waals surface area contributed by atoms with E-state index in [1.807, 2.05) is 72.8 Å². The quantitative estimate of drug-likeness (QED) is 0.314. The summed E-state index contributed by atoms with van der Waals surface area (Å²) in [5, 5.41) is 12.3. The molecular formula is C23H20BrN5O2. The Kier molecular flexibility index (Phi) is 6.37. The summed E-state index contributed by atoms with van der Waals surface area (Å²) in [4.78, 5) is 12.5. The minimum absolute atomic E-state index is 0.292. The molecule has 0 aliphatic rings. The van der Waals surface area contributed by atoms with Gasteiger partial charge >= 0.3 is 0 Å². The van der Waals surface area contributed by atoms with Crippen molar-refractivity contribution < 1.29 is 9.53 Å². The number of para-hydroxylation sites is 2. The highest BCUT2D eigenvalue weighted by molar-refractivity contribution is 9.10. The number of rotatable bonds is 7. The van der Waals surface area contributed by atoms with E-state index in [1.165, 1.54) is 0 Å². The minimum Gasteiger partial charge on any atom is -0.488 e. The molecule has 0 saturated heterocycles. The molecular weight excluding hydrogens is 458 g/mol. The Labute approximate surface area is 187 Å². The van der Waals surface area contributed by atoms with Gasteiger partial charge in [-0.25, -0.2) is 10.1 Å². The maximum atomic E-state index is 12.5. The van der Waals surface area contributed by atoms with Crippen LogP contribution >= 0.6 is 15.9 Å². The third-order valence-electron chi connectivity index (χ3n) is 4.73. The fourth-order valence-electron chi connectivity index (χ4n) is 3.00. The van der Waals surface area contributed by atoms with Gasteiger partial charge in [0.2, 0.25) is 0 Å². The van der Waals surface area contributed by atoms with E-state index in [0.717, 1.165) is 26.6 Å². The molecule has 1 N–H and O–H groups in total. The Bertz CT molecular complexity index is 1220. The molecule has 1 aromatic heterocycles. The lowest BCUT2D eigenvalue weighted by molar-refractivity contribution is -0.124. The zero-order chi connectivity index (χ0) is 21.6. The van der Waals surface area contributed by atoms with Crippen molar-refractivity contribution in [2.45, 2.75) is 19.6 Å². The first-order valence-electron chi connectivity index (χ1n) is 9.71. The Morgan fingerprint density at radius 1 is 1.13 bits per heavy atom. The molecule has 0 bridgehead atoms. The number of nitrogens with one attached hydrogen (secondary N) is 1. The fraction of sp³-hybridized carbons (Fsp3) is 0.130. The van der Waals surface area contributed by atoms with Crippen LogP contribution in [0, 0.1) is 0 Å². The number of ether oxygens (including phenoxy) is 1. The van der Waals surface area contributed by atoms with Crippen molar-refractivity contribution in [2.75, 3.05) is 0 Å². The molecule has 1 unspecified atom stereocenters. The highest BCUT2D eigenvalue weighted by Crippen LogP contribution is 2.19. The molecule has 4 aromatic rings. The van der Waals surface area contributed by atoms with Gasteiger partial charge in [-0.1, -0.05) is 57.5 Å². The second-order valence-electron chi connectivity index (χ2n) is 6.89. The van der Waals surface area contributed by atoms with E-state index in [4.69, 9.17) is 4.74 Å². The number of benzene rings is 3. The van der Waals surface area contributed by atoms with Crippen molar-refractivity contribution in [3.63, 3.8) is 0 Å². The number of aromatic nitrogens is 3. The van der Waals surface area contributed by atoms with Crippen LogP contribution in [0.3, 0.4) is 0 Å². The van der Waals surface area contributed by atoms with Gasteiger partial charge in [-0.2, -0.15) is 5.10 Å². The lowest BCUT2D eigenvalue weighted by Crippen LogP contribution is -2.28. The zero-order valence-electron chi connectivity index (χ0n) is 16.8. The van der Waals surface area contributed by atoms with E-state index in [2.05, 4.69) is 36.8 Å². The van der Waals surface area contributed by atoms with Crippen LogP contribution in [0.15, 0.2) is 82.4 Å². The van der Waals surface area contributed by atoms with Crippen molar-refractivity contribution in [3.05, 3.63) is 88.4 Å². The second-order valence-corrected chi connectivity index (χ2v) is 7.80. The number of hydrogen-bond donors (Lipinski definition) is 1. The van der Waals surface area contributed by atoms with E-state index >= 15 is 0 Å². The van der Waals surface area contributed by atoms with Crippen molar-refractivity contribution in [2.24, 2.45) is 5.10 Å². The van der Waals surface area contributed by atoms with Gasteiger partial charge in [0.25, 0.3) is 5.91 Å². The summed E-state index contributed by atoms with van der Waals surface area (Å²) in [7, 11) is 0. The van der Waals surface area contributed by atoms with Gasteiger partial charge in [0.15, 0.2) is 0 Å². The van der Waals surface area contributed by atoms with E-state index in [9.17, 15) is 4.79 Å². The minimum atomic E-state index is -0.562. The van der Waals surface area contributed by atoms with E-state index in [-0.39, 0.29) is 5.91 Å². The maximum absolute atomic E-state index is 12.5. The first-order chi connectivity index (χ1) is 15.1. The normalized spacial score (nSPS) is 12.2. The molecule has 1 amide bonds. The molecule has 0 aliphatic heterocycles. The lowest BCUT2D eigenvalue weighted by Gasteiger charge is -2.11. The molecule has 8 heteroatoms. The smallest absolute Gasteiger partial charge is 0.264 e. The van der Waals surface area contributed by atoms with Crippen LogP contribution in [-0.4, -0.2) is 27.1 Å². The van der Waals surface area contributed by atoms with E-state index in [0.29, 0.717) is 12.4 Å². The monoisotopic (exact) mass is 477 g/mol. The number of halogens is 1. The first kappa shape index (κ1) is 20.7. The summed E-state index contributed by atoms with van der Waals surface area (Å²) < 4.78 is 8.53. The van der Waals surface area contributed by atoms with Crippen molar-refractivity contribution in [3.8, 4) is 5.75 Å². The summed E-state index contributed by atoms with van der Waals surface area (Å²) in [5.41, 5.74) is 5.92. The highest BCUT2D eigenvalue weighted by atomic mass is 79.9. The number of hydrogen-bond acceptors (Lipinski definition) is 5. The van der Waals surface area contributed by atoms with Gasteiger partial charge in [-0.3, -0.25) is 4.79 Å². The Morgan fingerprint density at radius 3 is 2.71 bits per heavy atom. The Morgan fingerprint density at radius 2 is 1.87 bits per heavy atom. The van der Waals surface area contributed by atoms with Gasteiger partial charge in [-0.05, 0) is 48.9 Å². The lowest BCUT2D eigenvalue weighted by atomic mass is 10.2. The van der Waals surface area contributed by atoms with Gasteiger partial charge in [0.05, 0.1) is 11.7 Å².